The standard InChI is InChI=1S/C21H23ClN2O4/c1-12-6-7-16-14(8-12)21(2,3)20(26)24(16)11-18(25)23-19-15(22)9-13(27-4)10-17(19)28-5/h6-10H,11H2,1-5H3,(H,23,25). The van der Waals surface area contributed by atoms with Gasteiger partial charge in [-0.1, -0.05) is 29.3 Å². The third-order valence-electron chi connectivity index (χ3n) is 4.95. The van der Waals surface area contributed by atoms with Gasteiger partial charge in [-0.25, -0.2) is 0 Å². The first-order valence-corrected chi connectivity index (χ1v) is 9.21. The van der Waals surface area contributed by atoms with Crippen molar-refractivity contribution in [3.63, 3.8) is 0 Å². The van der Waals surface area contributed by atoms with Gasteiger partial charge in [-0.05, 0) is 32.4 Å². The molecule has 2 aromatic carbocycles. The predicted octanol–water partition coefficient (Wildman–Crippen LogP) is 3.93. The van der Waals surface area contributed by atoms with Gasteiger partial charge in [0.25, 0.3) is 0 Å². The molecule has 0 bridgehead atoms. The molecular weight excluding hydrogens is 380 g/mol. The lowest BCUT2D eigenvalue weighted by atomic mass is 9.85. The Morgan fingerprint density at radius 3 is 2.54 bits per heavy atom. The minimum absolute atomic E-state index is 0.115. The average Bonchev–Trinajstić information content (AvgIpc) is 2.83. The van der Waals surface area contributed by atoms with Crippen LogP contribution in [-0.2, 0) is 15.0 Å². The maximum Gasteiger partial charge on any atom is 0.244 e. The van der Waals surface area contributed by atoms with Crippen molar-refractivity contribution >= 4 is 34.8 Å². The fraction of sp³-hybridized carbons (Fsp3) is 0.333. The molecule has 0 aromatic heterocycles. The number of methoxy groups -OCH3 is 2. The molecule has 0 spiro atoms. The van der Waals surface area contributed by atoms with E-state index < -0.39 is 5.41 Å². The molecule has 2 aromatic rings. The maximum atomic E-state index is 12.9. The molecular formula is C21H23ClN2O4. The Labute approximate surface area is 169 Å². The highest BCUT2D eigenvalue weighted by Crippen LogP contribution is 2.42. The highest BCUT2D eigenvalue weighted by atomic mass is 35.5. The van der Waals surface area contributed by atoms with Crippen LogP contribution >= 0.6 is 11.6 Å². The molecule has 7 heteroatoms. The van der Waals surface area contributed by atoms with Crippen molar-refractivity contribution in [3.8, 4) is 11.5 Å². The van der Waals surface area contributed by atoms with Gasteiger partial charge in [0.15, 0.2) is 0 Å². The first kappa shape index (κ1) is 20.0. The molecule has 6 nitrogen and oxygen atoms in total. The third-order valence-corrected chi connectivity index (χ3v) is 5.24. The second-order valence-electron chi connectivity index (χ2n) is 7.27. The van der Waals surface area contributed by atoms with Gasteiger partial charge >= 0.3 is 0 Å². The number of rotatable bonds is 5. The molecule has 0 aliphatic carbocycles. The number of aryl methyl sites for hydroxylation is 1. The number of benzene rings is 2. The number of hydrogen-bond acceptors (Lipinski definition) is 4. The Morgan fingerprint density at radius 2 is 1.89 bits per heavy atom. The molecule has 1 N–H and O–H groups in total. The van der Waals surface area contributed by atoms with Gasteiger partial charge in [-0.3, -0.25) is 9.59 Å². The molecule has 3 rings (SSSR count). The van der Waals surface area contributed by atoms with Crippen LogP contribution in [0.3, 0.4) is 0 Å². The number of halogens is 1. The fourth-order valence-corrected chi connectivity index (χ4v) is 3.63. The number of nitrogens with one attached hydrogen (secondary N) is 1. The molecule has 28 heavy (non-hydrogen) atoms. The number of anilines is 2. The number of hydrogen-bond donors (Lipinski definition) is 1. The van der Waals surface area contributed by atoms with E-state index in [1.165, 1.54) is 19.1 Å². The summed E-state index contributed by atoms with van der Waals surface area (Å²) in [5.74, 6) is 0.404. The molecule has 148 valence electrons. The Kier molecular flexibility index (Phi) is 5.26. The predicted molar refractivity (Wildman–Crippen MR) is 110 cm³/mol. The molecule has 0 saturated carbocycles. The first-order valence-electron chi connectivity index (χ1n) is 8.83. The van der Waals surface area contributed by atoms with Gasteiger partial charge in [-0.2, -0.15) is 0 Å². The monoisotopic (exact) mass is 402 g/mol. The number of nitrogens with zero attached hydrogens (tertiary/aromatic N) is 1. The third kappa shape index (κ3) is 3.40. The van der Waals surface area contributed by atoms with E-state index in [2.05, 4.69) is 5.32 Å². The topological polar surface area (TPSA) is 67.9 Å². The summed E-state index contributed by atoms with van der Waals surface area (Å²) >= 11 is 6.27. The van der Waals surface area contributed by atoms with Crippen molar-refractivity contribution in [3.05, 3.63) is 46.5 Å². The zero-order valence-electron chi connectivity index (χ0n) is 16.6. The van der Waals surface area contributed by atoms with Gasteiger partial charge in [0.1, 0.15) is 23.7 Å². The molecule has 0 fully saturated rings. The Balaban J connectivity index is 1.86. The summed E-state index contributed by atoms with van der Waals surface area (Å²) in [6.07, 6.45) is 0. The highest BCUT2D eigenvalue weighted by molar-refractivity contribution is 6.34. The lowest BCUT2D eigenvalue weighted by molar-refractivity contribution is -0.124. The SMILES string of the molecule is COc1cc(Cl)c(NC(=O)CN2C(=O)C(C)(C)c3cc(C)ccc32)c(OC)c1. The van der Waals surface area contributed by atoms with Crippen LogP contribution in [0.2, 0.25) is 5.02 Å². The van der Waals surface area contributed by atoms with Crippen LogP contribution in [0.1, 0.15) is 25.0 Å². The molecule has 1 heterocycles. The van der Waals surface area contributed by atoms with Crippen molar-refractivity contribution in [2.75, 3.05) is 31.0 Å². The molecule has 2 amide bonds. The van der Waals surface area contributed by atoms with Crippen molar-refractivity contribution in [2.24, 2.45) is 0 Å². The van der Waals surface area contributed by atoms with Gasteiger partial charge in [0.05, 0.1) is 24.7 Å². The first-order chi connectivity index (χ1) is 13.2. The van der Waals surface area contributed by atoms with Crippen LogP contribution in [0.25, 0.3) is 0 Å². The van der Waals surface area contributed by atoms with E-state index in [1.807, 2.05) is 39.0 Å². The molecule has 1 aliphatic heterocycles. The van der Waals surface area contributed by atoms with Crippen molar-refractivity contribution < 1.29 is 19.1 Å². The fourth-order valence-electron chi connectivity index (χ4n) is 3.39. The largest absolute Gasteiger partial charge is 0.497 e. The van der Waals surface area contributed by atoms with E-state index in [-0.39, 0.29) is 23.4 Å². The number of fused-ring (bicyclic) bond motifs is 1. The molecule has 0 radical (unpaired) electrons. The normalized spacial score (nSPS) is 14.6. The number of amides is 2. The van der Waals surface area contributed by atoms with E-state index in [0.717, 1.165) is 16.8 Å². The zero-order valence-corrected chi connectivity index (χ0v) is 17.3. The van der Waals surface area contributed by atoms with E-state index in [1.54, 1.807) is 12.1 Å². The molecule has 1 aliphatic rings. The number of carbonyl (C=O) groups is 2. The van der Waals surface area contributed by atoms with Crippen LogP contribution in [-0.4, -0.2) is 32.6 Å². The summed E-state index contributed by atoms with van der Waals surface area (Å²) < 4.78 is 10.5. The van der Waals surface area contributed by atoms with Crippen LogP contribution in [0, 0.1) is 6.92 Å². The minimum Gasteiger partial charge on any atom is -0.497 e. The van der Waals surface area contributed by atoms with Crippen LogP contribution in [0.4, 0.5) is 11.4 Å². The molecule has 0 saturated heterocycles. The van der Waals surface area contributed by atoms with Crippen LogP contribution < -0.4 is 19.7 Å². The quantitative estimate of drug-likeness (QED) is 0.822. The zero-order chi connectivity index (χ0) is 20.6. The van der Waals surface area contributed by atoms with E-state index in [4.69, 9.17) is 21.1 Å². The van der Waals surface area contributed by atoms with E-state index in [9.17, 15) is 9.59 Å². The van der Waals surface area contributed by atoms with Crippen LogP contribution in [0.5, 0.6) is 11.5 Å². The van der Waals surface area contributed by atoms with Gasteiger partial charge in [0, 0.05) is 17.8 Å². The maximum absolute atomic E-state index is 12.9. The van der Waals surface area contributed by atoms with Gasteiger partial charge in [-0.15, -0.1) is 0 Å². The van der Waals surface area contributed by atoms with Gasteiger partial charge < -0.3 is 19.7 Å². The van der Waals surface area contributed by atoms with E-state index in [0.29, 0.717) is 17.2 Å². The number of carbonyl (C=O) groups excluding carboxylic acids is 2. The summed E-state index contributed by atoms with van der Waals surface area (Å²) in [6.45, 7) is 5.60. The number of ether oxygens (including phenoxy) is 2. The second-order valence-corrected chi connectivity index (χ2v) is 7.68. The molecule has 0 unspecified atom stereocenters. The highest BCUT2D eigenvalue weighted by Gasteiger charge is 2.44. The molecule has 0 atom stereocenters. The summed E-state index contributed by atoms with van der Waals surface area (Å²) in [5.41, 5.74) is 2.40. The van der Waals surface area contributed by atoms with Crippen molar-refractivity contribution in [2.45, 2.75) is 26.2 Å². The van der Waals surface area contributed by atoms with Gasteiger partial charge in [0.2, 0.25) is 11.8 Å². The Morgan fingerprint density at radius 1 is 1.18 bits per heavy atom. The summed E-state index contributed by atoms with van der Waals surface area (Å²) in [7, 11) is 3.00. The Hall–Kier alpha value is -2.73. The lowest BCUT2D eigenvalue weighted by Crippen LogP contribution is -2.40. The van der Waals surface area contributed by atoms with Crippen molar-refractivity contribution in [1.29, 1.82) is 0 Å². The van der Waals surface area contributed by atoms with E-state index >= 15 is 0 Å². The summed E-state index contributed by atoms with van der Waals surface area (Å²) in [4.78, 5) is 27.2. The summed E-state index contributed by atoms with van der Waals surface area (Å²) in [6, 6.07) is 9.02. The Bertz CT molecular complexity index is 956. The lowest BCUT2D eigenvalue weighted by Gasteiger charge is -2.20. The second kappa shape index (κ2) is 7.36. The minimum atomic E-state index is -0.683. The summed E-state index contributed by atoms with van der Waals surface area (Å²) in [5, 5.41) is 3.04. The van der Waals surface area contributed by atoms with Crippen molar-refractivity contribution in [1.82, 2.24) is 0 Å². The van der Waals surface area contributed by atoms with Crippen LogP contribution in [0.15, 0.2) is 30.3 Å². The average molecular weight is 403 g/mol. The smallest absolute Gasteiger partial charge is 0.244 e.